The maximum absolute atomic E-state index is 11.7. The van der Waals surface area contributed by atoms with E-state index in [-0.39, 0.29) is 11.9 Å². The lowest BCUT2D eigenvalue weighted by Crippen LogP contribution is -2.11. The molecule has 0 aliphatic rings. The Morgan fingerprint density at radius 3 is 1.26 bits per heavy atom. The van der Waals surface area contributed by atoms with E-state index in [9.17, 15) is 9.59 Å². The highest BCUT2D eigenvalue weighted by molar-refractivity contribution is 5.69. The molecule has 0 aliphatic heterocycles. The molecule has 0 saturated carbocycles. The zero-order valence-corrected chi connectivity index (χ0v) is 20.3. The summed E-state index contributed by atoms with van der Waals surface area (Å²) >= 11 is 0. The SMILES string of the molecule is CCCCCCOCCOC(=O)CCCCCCCC(=O)OCCOCCCCCC. The largest absolute Gasteiger partial charge is 0.463 e. The summed E-state index contributed by atoms with van der Waals surface area (Å²) in [5.41, 5.74) is 0. The van der Waals surface area contributed by atoms with Crippen molar-refractivity contribution in [3.8, 4) is 0 Å². The van der Waals surface area contributed by atoms with Crippen LogP contribution in [0.4, 0.5) is 0 Å². The Bertz CT molecular complexity index is 363. The van der Waals surface area contributed by atoms with E-state index >= 15 is 0 Å². The zero-order valence-electron chi connectivity index (χ0n) is 20.3. The van der Waals surface area contributed by atoms with Crippen LogP contribution in [0.3, 0.4) is 0 Å². The molecule has 0 amide bonds. The topological polar surface area (TPSA) is 71.1 Å². The summed E-state index contributed by atoms with van der Waals surface area (Å²) in [6, 6.07) is 0. The molecule has 31 heavy (non-hydrogen) atoms. The summed E-state index contributed by atoms with van der Waals surface area (Å²) in [6.07, 6.45) is 15.0. The van der Waals surface area contributed by atoms with Crippen molar-refractivity contribution in [3.63, 3.8) is 0 Å². The fraction of sp³-hybridized carbons (Fsp3) is 0.920. The smallest absolute Gasteiger partial charge is 0.305 e. The van der Waals surface area contributed by atoms with Crippen LogP contribution in [-0.2, 0) is 28.5 Å². The van der Waals surface area contributed by atoms with Gasteiger partial charge in [-0.3, -0.25) is 9.59 Å². The number of carbonyl (C=O) groups is 2. The average Bonchev–Trinajstić information content (AvgIpc) is 2.76. The highest BCUT2D eigenvalue weighted by Crippen LogP contribution is 2.08. The van der Waals surface area contributed by atoms with Crippen molar-refractivity contribution in [2.45, 2.75) is 110 Å². The Hall–Kier alpha value is -1.14. The molecule has 0 saturated heterocycles. The second kappa shape index (κ2) is 25.1. The van der Waals surface area contributed by atoms with Gasteiger partial charge in [0.25, 0.3) is 0 Å². The first-order valence-corrected chi connectivity index (χ1v) is 12.7. The van der Waals surface area contributed by atoms with Gasteiger partial charge >= 0.3 is 11.9 Å². The molecular weight excluding hydrogens is 396 g/mol. The van der Waals surface area contributed by atoms with Crippen molar-refractivity contribution in [2.24, 2.45) is 0 Å². The van der Waals surface area contributed by atoms with Gasteiger partial charge in [0.1, 0.15) is 13.2 Å². The first kappa shape index (κ1) is 29.9. The average molecular weight is 445 g/mol. The van der Waals surface area contributed by atoms with E-state index in [0.29, 0.717) is 39.3 Å². The van der Waals surface area contributed by atoms with E-state index in [1.165, 1.54) is 38.5 Å². The van der Waals surface area contributed by atoms with E-state index in [1.54, 1.807) is 0 Å². The van der Waals surface area contributed by atoms with Crippen LogP contribution in [0.25, 0.3) is 0 Å². The van der Waals surface area contributed by atoms with E-state index in [0.717, 1.165) is 58.2 Å². The lowest BCUT2D eigenvalue weighted by Gasteiger charge is -2.07. The Kier molecular flexibility index (Phi) is 24.2. The Labute approximate surface area is 190 Å². The molecule has 184 valence electrons. The van der Waals surface area contributed by atoms with E-state index in [2.05, 4.69) is 13.8 Å². The molecule has 0 aromatic rings. The Morgan fingerprint density at radius 1 is 0.452 bits per heavy atom. The van der Waals surface area contributed by atoms with Crippen molar-refractivity contribution >= 4 is 11.9 Å². The molecule has 0 heterocycles. The number of carbonyl (C=O) groups excluding carboxylic acids is 2. The predicted molar refractivity (Wildman–Crippen MR) is 124 cm³/mol. The minimum absolute atomic E-state index is 0.147. The van der Waals surface area contributed by atoms with Gasteiger partial charge in [0.2, 0.25) is 0 Å². The van der Waals surface area contributed by atoms with Crippen molar-refractivity contribution in [3.05, 3.63) is 0 Å². The zero-order chi connectivity index (χ0) is 22.8. The molecule has 0 spiro atoms. The molecular formula is C25H48O6. The van der Waals surface area contributed by atoms with Gasteiger partial charge in [0, 0.05) is 26.1 Å². The van der Waals surface area contributed by atoms with Crippen LogP contribution < -0.4 is 0 Å². The second-order valence-corrected chi connectivity index (χ2v) is 8.05. The van der Waals surface area contributed by atoms with E-state index in [1.807, 2.05) is 0 Å². The number of hydrogen-bond acceptors (Lipinski definition) is 6. The minimum Gasteiger partial charge on any atom is -0.463 e. The normalized spacial score (nSPS) is 10.9. The molecule has 0 radical (unpaired) electrons. The molecule has 0 atom stereocenters. The van der Waals surface area contributed by atoms with Crippen LogP contribution in [0.15, 0.2) is 0 Å². The molecule has 0 rings (SSSR count). The van der Waals surface area contributed by atoms with Crippen molar-refractivity contribution in [1.82, 2.24) is 0 Å². The maximum Gasteiger partial charge on any atom is 0.305 e. The number of esters is 2. The van der Waals surface area contributed by atoms with Crippen molar-refractivity contribution in [2.75, 3.05) is 39.6 Å². The fourth-order valence-electron chi connectivity index (χ4n) is 3.11. The molecule has 0 fully saturated rings. The third-order valence-corrected chi connectivity index (χ3v) is 5.03. The van der Waals surface area contributed by atoms with Crippen LogP contribution in [0.2, 0.25) is 0 Å². The third-order valence-electron chi connectivity index (χ3n) is 5.03. The first-order chi connectivity index (χ1) is 15.2. The minimum atomic E-state index is -0.147. The van der Waals surface area contributed by atoms with Crippen LogP contribution in [0.1, 0.15) is 110 Å². The van der Waals surface area contributed by atoms with Gasteiger partial charge in [-0.15, -0.1) is 0 Å². The summed E-state index contributed by atoms with van der Waals surface area (Å²) in [6.45, 7) is 7.53. The highest BCUT2D eigenvalue weighted by Gasteiger charge is 2.04. The van der Waals surface area contributed by atoms with Gasteiger partial charge < -0.3 is 18.9 Å². The van der Waals surface area contributed by atoms with Crippen molar-refractivity contribution in [1.29, 1.82) is 0 Å². The highest BCUT2D eigenvalue weighted by atomic mass is 16.6. The predicted octanol–water partition coefficient (Wildman–Crippen LogP) is 6.00. The second-order valence-electron chi connectivity index (χ2n) is 8.05. The first-order valence-electron chi connectivity index (χ1n) is 12.7. The molecule has 0 aliphatic carbocycles. The molecule has 0 aromatic carbocycles. The maximum atomic E-state index is 11.7. The number of unbranched alkanes of at least 4 members (excludes halogenated alkanes) is 10. The monoisotopic (exact) mass is 444 g/mol. The Balaban J connectivity index is 3.26. The Morgan fingerprint density at radius 2 is 0.839 bits per heavy atom. The van der Waals surface area contributed by atoms with Gasteiger partial charge in [-0.2, -0.15) is 0 Å². The lowest BCUT2D eigenvalue weighted by atomic mass is 10.1. The van der Waals surface area contributed by atoms with E-state index < -0.39 is 0 Å². The summed E-state index contributed by atoms with van der Waals surface area (Å²) in [4.78, 5) is 23.3. The summed E-state index contributed by atoms with van der Waals surface area (Å²) in [5.74, 6) is -0.295. The third kappa shape index (κ3) is 25.0. The van der Waals surface area contributed by atoms with Crippen LogP contribution in [0.5, 0.6) is 0 Å². The van der Waals surface area contributed by atoms with Gasteiger partial charge in [-0.25, -0.2) is 0 Å². The molecule has 6 heteroatoms. The number of ether oxygens (including phenoxy) is 4. The van der Waals surface area contributed by atoms with E-state index in [4.69, 9.17) is 18.9 Å². The number of rotatable bonds is 24. The molecule has 0 bridgehead atoms. The summed E-state index contributed by atoms with van der Waals surface area (Å²) in [5, 5.41) is 0. The molecule has 0 aromatic heterocycles. The quantitative estimate of drug-likeness (QED) is 0.134. The van der Waals surface area contributed by atoms with Gasteiger partial charge in [-0.05, 0) is 25.7 Å². The summed E-state index contributed by atoms with van der Waals surface area (Å²) < 4.78 is 21.3. The van der Waals surface area contributed by atoms with Crippen LogP contribution >= 0.6 is 0 Å². The molecule has 6 nitrogen and oxygen atoms in total. The van der Waals surface area contributed by atoms with Crippen LogP contribution in [0, 0.1) is 0 Å². The molecule has 0 unspecified atom stereocenters. The standard InChI is InChI=1S/C25H48O6/c1-3-5-7-14-18-28-20-22-30-24(26)16-12-10-9-11-13-17-25(27)31-23-21-29-19-15-8-6-4-2/h3-23H2,1-2H3. The lowest BCUT2D eigenvalue weighted by molar-refractivity contribution is -0.146. The fourth-order valence-corrected chi connectivity index (χ4v) is 3.11. The van der Waals surface area contributed by atoms with Crippen LogP contribution in [-0.4, -0.2) is 51.6 Å². The summed E-state index contributed by atoms with van der Waals surface area (Å²) in [7, 11) is 0. The van der Waals surface area contributed by atoms with Crippen molar-refractivity contribution < 1.29 is 28.5 Å². The van der Waals surface area contributed by atoms with Gasteiger partial charge in [0.15, 0.2) is 0 Å². The van der Waals surface area contributed by atoms with Gasteiger partial charge in [0.05, 0.1) is 13.2 Å². The molecule has 0 N–H and O–H groups in total. The number of hydrogen-bond donors (Lipinski definition) is 0. The van der Waals surface area contributed by atoms with Gasteiger partial charge in [-0.1, -0.05) is 71.6 Å².